The Morgan fingerprint density at radius 3 is 2.77 bits per heavy atom. The molecule has 0 radical (unpaired) electrons. The maximum absolute atomic E-state index is 11.9. The molecular weight excluding hydrogens is 346 g/mol. The number of rotatable bonds is 5. The fraction of sp³-hybridized carbons (Fsp3) is 0.200. The van der Waals surface area contributed by atoms with E-state index in [-0.39, 0.29) is 11.7 Å². The first-order valence-electron chi connectivity index (χ1n) is 8.14. The van der Waals surface area contributed by atoms with E-state index in [0.717, 1.165) is 22.4 Å². The molecule has 0 bridgehead atoms. The molecule has 0 spiro atoms. The van der Waals surface area contributed by atoms with Crippen LogP contribution in [0, 0.1) is 11.8 Å². The lowest BCUT2D eigenvalue weighted by Gasteiger charge is -2.13. The third kappa shape index (κ3) is 4.58. The van der Waals surface area contributed by atoms with Crippen LogP contribution in [0.5, 0.6) is 0 Å². The number of carbonyl (C=O) groups excluding carboxylic acids is 1. The molecule has 0 atom stereocenters. The normalized spacial score (nSPS) is 10.2. The Morgan fingerprint density at radius 2 is 1.96 bits per heavy atom. The molecular formula is C20H19N3O2S. The Hall–Kier alpha value is -2.91. The maximum atomic E-state index is 11.9. The van der Waals surface area contributed by atoms with Crippen molar-refractivity contribution in [1.29, 1.82) is 0 Å². The number of carbonyl (C=O) groups is 1. The van der Waals surface area contributed by atoms with Crippen molar-refractivity contribution in [2.24, 2.45) is 0 Å². The fourth-order valence-corrected chi connectivity index (χ4v) is 3.01. The summed E-state index contributed by atoms with van der Waals surface area (Å²) >= 11 is 1.27. The van der Waals surface area contributed by atoms with Crippen LogP contribution in [-0.4, -0.2) is 37.3 Å². The third-order valence-corrected chi connectivity index (χ3v) is 4.41. The van der Waals surface area contributed by atoms with Gasteiger partial charge in [-0.05, 0) is 24.3 Å². The highest BCUT2D eigenvalue weighted by Crippen LogP contribution is 2.22. The summed E-state index contributed by atoms with van der Waals surface area (Å²) in [5, 5.41) is 3.28. The van der Waals surface area contributed by atoms with E-state index < -0.39 is 0 Å². The monoisotopic (exact) mass is 365 g/mol. The van der Waals surface area contributed by atoms with Crippen LogP contribution in [-0.2, 0) is 4.79 Å². The van der Waals surface area contributed by atoms with Crippen molar-refractivity contribution in [2.45, 2.75) is 5.22 Å². The van der Waals surface area contributed by atoms with Gasteiger partial charge in [0.25, 0.3) is 5.22 Å². The quantitative estimate of drug-likeness (QED) is 0.556. The van der Waals surface area contributed by atoms with E-state index in [2.05, 4.69) is 22.1 Å². The molecule has 3 aromatic rings. The average Bonchev–Trinajstić information content (AvgIpc) is 3.07. The van der Waals surface area contributed by atoms with Crippen molar-refractivity contribution in [3.63, 3.8) is 0 Å². The van der Waals surface area contributed by atoms with E-state index in [9.17, 15) is 4.79 Å². The number of hydrogen-bond acceptors (Lipinski definition) is 5. The zero-order valence-electron chi connectivity index (χ0n) is 14.7. The van der Waals surface area contributed by atoms with Crippen LogP contribution in [0.2, 0.25) is 0 Å². The van der Waals surface area contributed by atoms with Crippen molar-refractivity contribution in [2.75, 3.05) is 31.3 Å². The minimum Gasteiger partial charge on any atom is -0.431 e. The number of hydrogen-bond donors (Lipinski definition) is 1. The standard InChI is InChI=1S/C20H19N3O2S/c1-23(2)17-11-5-3-8-15(17)9-7-13-21-19(24)14-26-20-22-16-10-4-6-12-18(16)25-20/h3-6,8,10-12H,13-14H2,1-2H3,(H,21,24). The molecule has 6 heteroatoms. The smallest absolute Gasteiger partial charge is 0.257 e. The SMILES string of the molecule is CN(C)c1ccccc1C#CCNC(=O)CSc1nc2ccccc2o1. The topological polar surface area (TPSA) is 58.4 Å². The highest BCUT2D eigenvalue weighted by atomic mass is 32.2. The van der Waals surface area contributed by atoms with E-state index in [4.69, 9.17) is 4.42 Å². The number of anilines is 1. The molecule has 26 heavy (non-hydrogen) atoms. The first-order chi connectivity index (χ1) is 12.6. The number of thioether (sulfide) groups is 1. The van der Waals surface area contributed by atoms with Gasteiger partial charge >= 0.3 is 0 Å². The number of oxazole rings is 1. The van der Waals surface area contributed by atoms with E-state index in [1.54, 1.807) is 0 Å². The van der Waals surface area contributed by atoms with Crippen molar-refractivity contribution in [1.82, 2.24) is 10.3 Å². The van der Waals surface area contributed by atoms with Crippen molar-refractivity contribution in [3.8, 4) is 11.8 Å². The Labute approximate surface area is 156 Å². The molecule has 0 saturated heterocycles. The fourth-order valence-electron chi connectivity index (χ4n) is 2.34. The van der Waals surface area contributed by atoms with Crippen molar-refractivity contribution >= 4 is 34.5 Å². The number of nitrogens with one attached hydrogen (secondary N) is 1. The molecule has 5 nitrogen and oxygen atoms in total. The van der Waals surface area contributed by atoms with Gasteiger partial charge in [-0.2, -0.15) is 0 Å². The molecule has 0 aliphatic rings. The minimum absolute atomic E-state index is 0.104. The molecule has 3 rings (SSSR count). The van der Waals surface area contributed by atoms with E-state index in [1.165, 1.54) is 11.8 Å². The Bertz CT molecular complexity index is 937. The molecule has 1 aromatic heterocycles. The molecule has 1 heterocycles. The predicted molar refractivity (Wildman–Crippen MR) is 105 cm³/mol. The van der Waals surface area contributed by atoms with Gasteiger partial charge in [0, 0.05) is 19.7 Å². The molecule has 132 valence electrons. The van der Waals surface area contributed by atoms with Crippen LogP contribution >= 0.6 is 11.8 Å². The van der Waals surface area contributed by atoms with Gasteiger partial charge < -0.3 is 14.6 Å². The second-order valence-electron chi connectivity index (χ2n) is 5.73. The predicted octanol–water partition coefficient (Wildman–Crippen LogP) is 3.15. The van der Waals surface area contributed by atoms with Crippen LogP contribution in [0.4, 0.5) is 5.69 Å². The zero-order chi connectivity index (χ0) is 18.4. The maximum Gasteiger partial charge on any atom is 0.257 e. The molecule has 0 aliphatic heterocycles. The lowest BCUT2D eigenvalue weighted by Crippen LogP contribution is -2.25. The largest absolute Gasteiger partial charge is 0.431 e. The summed E-state index contributed by atoms with van der Waals surface area (Å²) in [6.07, 6.45) is 0. The minimum atomic E-state index is -0.104. The Kier molecular flexibility index (Phi) is 5.82. The van der Waals surface area contributed by atoms with E-state index in [1.807, 2.05) is 67.5 Å². The van der Waals surface area contributed by atoms with E-state index >= 15 is 0 Å². The number of amides is 1. The molecule has 0 aliphatic carbocycles. The van der Waals surface area contributed by atoms with Gasteiger partial charge in [-0.15, -0.1) is 0 Å². The summed E-state index contributed by atoms with van der Waals surface area (Å²) in [5.41, 5.74) is 3.51. The van der Waals surface area contributed by atoms with Gasteiger partial charge in [-0.3, -0.25) is 4.79 Å². The highest BCUT2D eigenvalue weighted by molar-refractivity contribution is 7.99. The second kappa shape index (κ2) is 8.45. The number of fused-ring (bicyclic) bond motifs is 1. The first kappa shape index (κ1) is 17.9. The van der Waals surface area contributed by atoms with Gasteiger partial charge in [0.1, 0.15) is 5.52 Å². The number of para-hydroxylation sites is 3. The average molecular weight is 365 g/mol. The van der Waals surface area contributed by atoms with Crippen LogP contribution < -0.4 is 10.2 Å². The molecule has 0 saturated carbocycles. The number of benzene rings is 2. The van der Waals surface area contributed by atoms with Crippen LogP contribution in [0.1, 0.15) is 5.56 Å². The second-order valence-corrected chi connectivity index (χ2v) is 6.65. The molecule has 1 N–H and O–H groups in total. The summed E-state index contributed by atoms with van der Waals surface area (Å²) in [7, 11) is 3.96. The van der Waals surface area contributed by atoms with Gasteiger partial charge in [0.2, 0.25) is 5.91 Å². The summed E-state index contributed by atoms with van der Waals surface area (Å²) in [5.74, 6) is 6.22. The molecule has 2 aromatic carbocycles. The summed E-state index contributed by atoms with van der Waals surface area (Å²) in [4.78, 5) is 18.3. The summed E-state index contributed by atoms with van der Waals surface area (Å²) < 4.78 is 5.58. The lowest BCUT2D eigenvalue weighted by atomic mass is 10.1. The summed E-state index contributed by atoms with van der Waals surface area (Å²) in [6, 6.07) is 15.4. The van der Waals surface area contributed by atoms with Crippen molar-refractivity contribution < 1.29 is 9.21 Å². The van der Waals surface area contributed by atoms with Gasteiger partial charge in [0.05, 0.1) is 18.0 Å². The number of nitrogens with zero attached hydrogens (tertiary/aromatic N) is 2. The van der Waals surface area contributed by atoms with Gasteiger partial charge in [-0.1, -0.05) is 47.9 Å². The van der Waals surface area contributed by atoms with E-state index in [0.29, 0.717) is 11.8 Å². The lowest BCUT2D eigenvalue weighted by molar-refractivity contribution is -0.118. The van der Waals surface area contributed by atoms with Crippen LogP contribution in [0.3, 0.4) is 0 Å². The number of aromatic nitrogens is 1. The van der Waals surface area contributed by atoms with Gasteiger partial charge in [0.15, 0.2) is 5.58 Å². The Morgan fingerprint density at radius 1 is 1.19 bits per heavy atom. The van der Waals surface area contributed by atoms with Crippen LogP contribution in [0.15, 0.2) is 58.2 Å². The van der Waals surface area contributed by atoms with Crippen molar-refractivity contribution in [3.05, 3.63) is 54.1 Å². The molecule has 0 unspecified atom stereocenters. The Balaban J connectivity index is 1.49. The molecule has 1 amide bonds. The molecule has 0 fully saturated rings. The third-order valence-electron chi connectivity index (χ3n) is 3.58. The zero-order valence-corrected chi connectivity index (χ0v) is 15.5. The first-order valence-corrected chi connectivity index (χ1v) is 9.12. The van der Waals surface area contributed by atoms with Crippen LogP contribution in [0.25, 0.3) is 11.1 Å². The summed E-state index contributed by atoms with van der Waals surface area (Å²) in [6.45, 7) is 0.300. The van der Waals surface area contributed by atoms with Gasteiger partial charge in [-0.25, -0.2) is 4.98 Å². The highest BCUT2D eigenvalue weighted by Gasteiger charge is 2.08.